The number of nitrogens with one attached hydrogen (secondary N) is 1. The second kappa shape index (κ2) is 9.52. The van der Waals surface area contributed by atoms with Crippen molar-refractivity contribution in [3.05, 3.63) is 53.6 Å². The van der Waals surface area contributed by atoms with E-state index in [1.54, 1.807) is 23.0 Å². The molecule has 2 fully saturated rings. The third kappa shape index (κ3) is 5.19. The number of piperidine rings is 1. The second-order valence-corrected chi connectivity index (χ2v) is 10.1. The van der Waals surface area contributed by atoms with Crippen LogP contribution in [0.2, 0.25) is 0 Å². The molecule has 176 valence electrons. The van der Waals surface area contributed by atoms with Crippen LogP contribution in [-0.2, 0) is 4.74 Å². The van der Waals surface area contributed by atoms with E-state index >= 15 is 0 Å². The zero-order chi connectivity index (χ0) is 23.6. The molecule has 3 unspecified atom stereocenters. The summed E-state index contributed by atoms with van der Waals surface area (Å²) in [5.41, 5.74) is 1.09. The summed E-state index contributed by atoms with van der Waals surface area (Å²) in [7, 11) is 0. The number of hydrogen-bond donors (Lipinski definition) is 1. The fourth-order valence-corrected chi connectivity index (χ4v) is 5.18. The number of carbonyl (C=O) groups is 1. The molecule has 1 aliphatic carbocycles. The van der Waals surface area contributed by atoms with Gasteiger partial charge < -0.3 is 10.1 Å². The molecular formula is C25H32FN5O2. The van der Waals surface area contributed by atoms with Crippen molar-refractivity contribution < 1.29 is 13.9 Å². The summed E-state index contributed by atoms with van der Waals surface area (Å²) >= 11 is 0. The predicted molar refractivity (Wildman–Crippen MR) is 122 cm³/mol. The minimum Gasteiger partial charge on any atom is -0.444 e. The number of benzene rings is 1. The average Bonchev–Trinajstić information content (AvgIpc) is 3.41. The molecule has 4 rings (SSSR count). The molecule has 1 saturated heterocycles. The molecule has 0 spiro atoms. The van der Waals surface area contributed by atoms with Crippen molar-refractivity contribution in [2.45, 2.75) is 76.1 Å². The maximum atomic E-state index is 13.5. The van der Waals surface area contributed by atoms with Crippen LogP contribution < -0.4 is 5.32 Å². The first kappa shape index (κ1) is 23.2. The molecule has 1 saturated carbocycles. The molecule has 0 bridgehead atoms. The highest BCUT2D eigenvalue weighted by Crippen LogP contribution is 2.43. The van der Waals surface area contributed by atoms with Gasteiger partial charge in [0.15, 0.2) is 0 Å². The molecule has 4 atom stereocenters. The lowest BCUT2D eigenvalue weighted by Crippen LogP contribution is -2.57. The van der Waals surface area contributed by atoms with Gasteiger partial charge in [-0.3, -0.25) is 9.58 Å². The minimum atomic E-state index is -0.402. The summed E-state index contributed by atoms with van der Waals surface area (Å²) in [6, 6.07) is 8.50. The Kier molecular flexibility index (Phi) is 6.71. The largest absolute Gasteiger partial charge is 0.444 e. The summed E-state index contributed by atoms with van der Waals surface area (Å²) in [6.45, 7) is 7.81. The van der Waals surface area contributed by atoms with Gasteiger partial charge >= 0.3 is 6.09 Å². The molecule has 2 aromatic rings. The summed E-state index contributed by atoms with van der Waals surface area (Å²) in [5.74, 6) is -0.175. The first-order valence-electron chi connectivity index (χ1n) is 11.7. The van der Waals surface area contributed by atoms with E-state index in [1.807, 2.05) is 25.7 Å². The molecule has 1 aromatic carbocycles. The molecule has 2 aliphatic rings. The van der Waals surface area contributed by atoms with Gasteiger partial charge in [-0.1, -0.05) is 12.1 Å². The number of amides is 1. The van der Waals surface area contributed by atoms with Crippen molar-refractivity contribution in [1.82, 2.24) is 20.0 Å². The van der Waals surface area contributed by atoms with Gasteiger partial charge in [-0.25, -0.2) is 9.18 Å². The van der Waals surface area contributed by atoms with Crippen molar-refractivity contribution in [2.75, 3.05) is 13.1 Å². The summed E-state index contributed by atoms with van der Waals surface area (Å²) < 4.78 is 21.4. The lowest BCUT2D eigenvalue weighted by molar-refractivity contribution is 0.00422. The Labute approximate surface area is 194 Å². The fourth-order valence-electron chi connectivity index (χ4n) is 5.18. The van der Waals surface area contributed by atoms with Crippen molar-refractivity contribution in [1.29, 1.82) is 5.26 Å². The molecule has 33 heavy (non-hydrogen) atoms. The zero-order valence-corrected chi connectivity index (χ0v) is 19.5. The van der Waals surface area contributed by atoms with Gasteiger partial charge in [0.05, 0.1) is 17.8 Å². The lowest BCUT2D eigenvalue weighted by Gasteiger charge is -2.43. The highest BCUT2D eigenvalue weighted by Gasteiger charge is 2.42. The number of nitrogens with zero attached hydrogens (tertiary/aromatic N) is 4. The van der Waals surface area contributed by atoms with Gasteiger partial charge in [0.1, 0.15) is 18.0 Å². The molecule has 2 heterocycles. The van der Waals surface area contributed by atoms with Gasteiger partial charge in [0.25, 0.3) is 0 Å². The SMILES string of the molecule is CC(C)(C)N(C(=O)O[C@@H]1CC(c2ccc(F)cc2)CC1n1cc(C#N)cn1)C1CCCNC1. The van der Waals surface area contributed by atoms with E-state index < -0.39 is 6.10 Å². The summed E-state index contributed by atoms with van der Waals surface area (Å²) in [4.78, 5) is 15.4. The van der Waals surface area contributed by atoms with E-state index in [9.17, 15) is 14.4 Å². The van der Waals surface area contributed by atoms with E-state index in [1.165, 1.54) is 18.3 Å². The van der Waals surface area contributed by atoms with Crippen LogP contribution in [0.15, 0.2) is 36.7 Å². The van der Waals surface area contributed by atoms with Gasteiger partial charge in [0, 0.05) is 24.3 Å². The van der Waals surface area contributed by atoms with E-state index in [2.05, 4.69) is 16.5 Å². The lowest BCUT2D eigenvalue weighted by atomic mass is 9.97. The molecule has 1 N–H and O–H groups in total. The van der Waals surface area contributed by atoms with Crippen LogP contribution in [-0.4, -0.2) is 51.5 Å². The van der Waals surface area contributed by atoms with Crippen LogP contribution in [0.1, 0.15) is 69.5 Å². The molecule has 1 amide bonds. The maximum Gasteiger partial charge on any atom is 0.410 e. The minimum absolute atomic E-state index is 0.0777. The Morgan fingerprint density at radius 3 is 2.67 bits per heavy atom. The Bertz CT molecular complexity index is 1000. The van der Waals surface area contributed by atoms with Crippen LogP contribution >= 0.6 is 0 Å². The number of aromatic nitrogens is 2. The Morgan fingerprint density at radius 2 is 2.06 bits per heavy atom. The number of ether oxygens (including phenoxy) is 1. The highest BCUT2D eigenvalue weighted by molar-refractivity contribution is 5.69. The highest BCUT2D eigenvalue weighted by atomic mass is 19.1. The first-order chi connectivity index (χ1) is 15.8. The fraction of sp³-hybridized carbons (Fsp3) is 0.560. The van der Waals surface area contributed by atoms with Gasteiger partial charge in [-0.05, 0) is 76.6 Å². The maximum absolute atomic E-state index is 13.5. The van der Waals surface area contributed by atoms with E-state index in [0.717, 1.165) is 31.5 Å². The van der Waals surface area contributed by atoms with E-state index in [-0.39, 0.29) is 35.5 Å². The average molecular weight is 454 g/mol. The molecular weight excluding hydrogens is 421 g/mol. The van der Waals surface area contributed by atoms with Crippen molar-refractivity contribution in [3.63, 3.8) is 0 Å². The van der Waals surface area contributed by atoms with Gasteiger partial charge in [0.2, 0.25) is 0 Å². The summed E-state index contributed by atoms with van der Waals surface area (Å²) in [5, 5.41) is 17.0. The first-order valence-corrected chi connectivity index (χ1v) is 11.7. The van der Waals surface area contributed by atoms with Crippen LogP contribution in [0.4, 0.5) is 9.18 Å². The standard InChI is InChI=1S/C25H32FN5O2/c1-25(2,3)31(21-5-4-10-28-15-21)24(32)33-23-12-19(18-6-8-20(26)9-7-18)11-22(23)30-16-17(13-27)14-29-30/h6-9,14,16,19,21-23,28H,4-5,10-12,15H2,1-3H3/t19?,21?,22?,23-/m1/s1. The smallest absolute Gasteiger partial charge is 0.410 e. The zero-order valence-electron chi connectivity index (χ0n) is 19.5. The number of rotatable bonds is 4. The molecule has 0 radical (unpaired) electrons. The quantitative estimate of drug-likeness (QED) is 0.743. The van der Waals surface area contributed by atoms with E-state index in [4.69, 9.17) is 4.74 Å². The van der Waals surface area contributed by atoms with Gasteiger partial charge in [-0.15, -0.1) is 0 Å². The van der Waals surface area contributed by atoms with Crippen molar-refractivity contribution in [3.8, 4) is 6.07 Å². The van der Waals surface area contributed by atoms with E-state index in [0.29, 0.717) is 18.4 Å². The molecule has 7 nitrogen and oxygen atoms in total. The predicted octanol–water partition coefficient (Wildman–Crippen LogP) is 4.37. The number of halogens is 1. The monoisotopic (exact) mass is 453 g/mol. The molecule has 8 heteroatoms. The Morgan fingerprint density at radius 1 is 1.30 bits per heavy atom. The topological polar surface area (TPSA) is 83.2 Å². The van der Waals surface area contributed by atoms with Crippen LogP contribution in [0.5, 0.6) is 0 Å². The number of carbonyl (C=O) groups excluding carboxylic acids is 1. The number of nitriles is 1. The molecule has 1 aromatic heterocycles. The summed E-state index contributed by atoms with van der Waals surface area (Å²) in [6.07, 6.45) is 5.77. The third-order valence-corrected chi connectivity index (χ3v) is 6.69. The normalized spacial score (nSPS) is 25.4. The van der Waals surface area contributed by atoms with Crippen molar-refractivity contribution >= 4 is 6.09 Å². The second-order valence-electron chi connectivity index (χ2n) is 10.1. The Hall–Kier alpha value is -2.92. The molecule has 1 aliphatic heterocycles. The van der Waals surface area contributed by atoms with Crippen LogP contribution in [0.3, 0.4) is 0 Å². The number of hydrogen-bond acceptors (Lipinski definition) is 5. The van der Waals surface area contributed by atoms with Crippen LogP contribution in [0, 0.1) is 17.1 Å². The van der Waals surface area contributed by atoms with Crippen molar-refractivity contribution in [2.24, 2.45) is 0 Å². The van der Waals surface area contributed by atoms with Gasteiger partial charge in [-0.2, -0.15) is 10.4 Å². The Balaban J connectivity index is 1.58. The van der Waals surface area contributed by atoms with Crippen LogP contribution in [0.25, 0.3) is 0 Å². The third-order valence-electron chi connectivity index (χ3n) is 6.69.